The summed E-state index contributed by atoms with van der Waals surface area (Å²) in [4.78, 5) is 11.8. The zero-order chi connectivity index (χ0) is 22.3. The van der Waals surface area contributed by atoms with Crippen molar-refractivity contribution in [3.8, 4) is 11.5 Å². The van der Waals surface area contributed by atoms with E-state index in [1.54, 1.807) is 14.2 Å². The van der Waals surface area contributed by atoms with E-state index in [2.05, 4.69) is 61.4 Å². The largest absolute Gasteiger partial charge is 0.497 e. The predicted octanol–water partition coefficient (Wildman–Crippen LogP) is 2.93. The van der Waals surface area contributed by atoms with Gasteiger partial charge in [-0.3, -0.25) is 4.99 Å². The van der Waals surface area contributed by atoms with Crippen LogP contribution in [0.3, 0.4) is 0 Å². The lowest BCUT2D eigenvalue weighted by Crippen LogP contribution is -2.53. The van der Waals surface area contributed by atoms with Gasteiger partial charge in [0.15, 0.2) is 5.96 Å². The van der Waals surface area contributed by atoms with Crippen molar-refractivity contribution in [1.82, 2.24) is 10.2 Å². The molecule has 0 saturated carbocycles. The van der Waals surface area contributed by atoms with Crippen LogP contribution in [-0.2, 0) is 0 Å². The Bertz CT molecular complexity index is 911. The second-order valence-electron chi connectivity index (χ2n) is 8.41. The number of ether oxygens (including phenoxy) is 2. The first-order valence-electron chi connectivity index (χ1n) is 11.4. The van der Waals surface area contributed by atoms with Gasteiger partial charge in [0.1, 0.15) is 11.5 Å². The molecule has 172 valence electrons. The molecule has 0 aromatic heterocycles. The van der Waals surface area contributed by atoms with Gasteiger partial charge in [-0.25, -0.2) is 0 Å². The lowest BCUT2D eigenvalue weighted by molar-refractivity contribution is 0.368. The molecule has 2 fully saturated rings. The highest BCUT2D eigenvalue weighted by atomic mass is 16.5. The van der Waals surface area contributed by atoms with Crippen molar-refractivity contribution in [2.75, 3.05) is 76.9 Å². The van der Waals surface area contributed by atoms with E-state index < -0.39 is 0 Å². The van der Waals surface area contributed by atoms with Crippen LogP contribution in [0.15, 0.2) is 53.5 Å². The van der Waals surface area contributed by atoms with E-state index in [9.17, 15) is 0 Å². The minimum atomic E-state index is 0.607. The SMILES string of the molecule is CN=C(NCC1CCN(c2cccc(OC)c2)C1)N1CCN(c2cccc(OC)c2)CC1. The average molecular weight is 438 g/mol. The van der Waals surface area contributed by atoms with Crippen molar-refractivity contribution in [3.63, 3.8) is 0 Å². The molecule has 2 aromatic carbocycles. The monoisotopic (exact) mass is 437 g/mol. The smallest absolute Gasteiger partial charge is 0.193 e. The molecule has 2 heterocycles. The van der Waals surface area contributed by atoms with Crippen LogP contribution in [0.25, 0.3) is 0 Å². The molecule has 1 N–H and O–H groups in total. The van der Waals surface area contributed by atoms with Crippen LogP contribution in [0.2, 0.25) is 0 Å². The fraction of sp³-hybridized carbons (Fsp3) is 0.480. The summed E-state index contributed by atoms with van der Waals surface area (Å²) in [5.74, 6) is 3.44. The van der Waals surface area contributed by atoms with Crippen LogP contribution in [0.1, 0.15) is 6.42 Å². The molecule has 0 radical (unpaired) electrons. The molecular weight excluding hydrogens is 402 g/mol. The van der Waals surface area contributed by atoms with Crippen LogP contribution < -0.4 is 24.6 Å². The molecule has 0 aliphatic carbocycles. The van der Waals surface area contributed by atoms with E-state index >= 15 is 0 Å². The van der Waals surface area contributed by atoms with Crippen molar-refractivity contribution in [1.29, 1.82) is 0 Å². The first-order valence-corrected chi connectivity index (χ1v) is 11.4. The topological polar surface area (TPSA) is 52.6 Å². The van der Waals surface area contributed by atoms with E-state index in [1.165, 1.54) is 17.8 Å². The predicted molar refractivity (Wildman–Crippen MR) is 131 cm³/mol. The number of hydrogen-bond acceptors (Lipinski definition) is 5. The number of anilines is 2. The normalized spacial score (nSPS) is 19.3. The molecule has 0 amide bonds. The van der Waals surface area contributed by atoms with Crippen molar-refractivity contribution in [2.24, 2.45) is 10.9 Å². The maximum Gasteiger partial charge on any atom is 0.193 e. The van der Waals surface area contributed by atoms with Gasteiger partial charge in [0.2, 0.25) is 0 Å². The molecule has 0 bridgehead atoms. The number of guanidine groups is 1. The molecule has 2 saturated heterocycles. The van der Waals surface area contributed by atoms with Gasteiger partial charge in [-0.05, 0) is 36.6 Å². The van der Waals surface area contributed by atoms with E-state index in [4.69, 9.17) is 9.47 Å². The third-order valence-electron chi connectivity index (χ3n) is 6.46. The summed E-state index contributed by atoms with van der Waals surface area (Å²) >= 11 is 0. The highest BCUT2D eigenvalue weighted by molar-refractivity contribution is 5.80. The average Bonchev–Trinajstić information content (AvgIpc) is 3.34. The summed E-state index contributed by atoms with van der Waals surface area (Å²) in [5, 5.41) is 3.63. The lowest BCUT2D eigenvalue weighted by atomic mass is 10.1. The van der Waals surface area contributed by atoms with Gasteiger partial charge in [0, 0.05) is 76.4 Å². The Kier molecular flexibility index (Phi) is 7.24. The van der Waals surface area contributed by atoms with E-state index in [-0.39, 0.29) is 0 Å². The fourth-order valence-corrected chi connectivity index (χ4v) is 4.59. The molecular formula is C25H35N5O2. The third kappa shape index (κ3) is 5.21. The number of nitrogens with zero attached hydrogens (tertiary/aromatic N) is 4. The van der Waals surface area contributed by atoms with Crippen molar-refractivity contribution >= 4 is 17.3 Å². The lowest BCUT2D eigenvalue weighted by Gasteiger charge is -2.38. The van der Waals surface area contributed by atoms with Gasteiger partial charge >= 0.3 is 0 Å². The van der Waals surface area contributed by atoms with Crippen LogP contribution >= 0.6 is 0 Å². The van der Waals surface area contributed by atoms with Gasteiger partial charge in [0.05, 0.1) is 14.2 Å². The van der Waals surface area contributed by atoms with E-state index in [0.29, 0.717) is 5.92 Å². The number of methoxy groups -OCH3 is 2. The zero-order valence-electron chi connectivity index (χ0n) is 19.5. The molecule has 0 spiro atoms. The van der Waals surface area contributed by atoms with E-state index in [1.807, 2.05) is 19.2 Å². The summed E-state index contributed by atoms with van der Waals surface area (Å²) in [7, 11) is 5.32. The van der Waals surface area contributed by atoms with Gasteiger partial charge in [-0.15, -0.1) is 0 Å². The number of benzene rings is 2. The van der Waals surface area contributed by atoms with Crippen molar-refractivity contribution < 1.29 is 9.47 Å². The highest BCUT2D eigenvalue weighted by Gasteiger charge is 2.25. The summed E-state index contributed by atoms with van der Waals surface area (Å²) in [6.45, 7) is 6.94. The second kappa shape index (κ2) is 10.5. The zero-order valence-corrected chi connectivity index (χ0v) is 19.5. The van der Waals surface area contributed by atoms with Crippen LogP contribution in [0, 0.1) is 5.92 Å². The Balaban J connectivity index is 1.26. The maximum absolute atomic E-state index is 5.38. The van der Waals surface area contributed by atoms with Crippen LogP contribution in [-0.4, -0.2) is 77.9 Å². The molecule has 1 atom stereocenters. The first-order chi connectivity index (χ1) is 15.7. The number of aliphatic imine (C=N–C) groups is 1. The summed E-state index contributed by atoms with van der Waals surface area (Å²) < 4.78 is 10.8. The molecule has 7 nitrogen and oxygen atoms in total. The number of rotatable bonds is 6. The van der Waals surface area contributed by atoms with E-state index in [0.717, 1.165) is 63.3 Å². The Labute approximate surface area is 191 Å². The third-order valence-corrected chi connectivity index (χ3v) is 6.46. The minimum absolute atomic E-state index is 0.607. The molecule has 7 heteroatoms. The van der Waals surface area contributed by atoms with Crippen LogP contribution in [0.5, 0.6) is 11.5 Å². The number of hydrogen-bond donors (Lipinski definition) is 1. The Morgan fingerprint density at radius 2 is 1.53 bits per heavy atom. The summed E-state index contributed by atoms with van der Waals surface area (Å²) in [6, 6.07) is 16.6. The summed E-state index contributed by atoms with van der Waals surface area (Å²) in [6.07, 6.45) is 1.19. The molecule has 2 aromatic rings. The van der Waals surface area contributed by atoms with Gasteiger partial charge in [-0.1, -0.05) is 12.1 Å². The molecule has 2 aliphatic heterocycles. The van der Waals surface area contributed by atoms with Gasteiger partial charge in [-0.2, -0.15) is 0 Å². The van der Waals surface area contributed by atoms with Gasteiger partial charge < -0.3 is 29.5 Å². The molecule has 32 heavy (non-hydrogen) atoms. The maximum atomic E-state index is 5.38. The Morgan fingerprint density at radius 3 is 2.12 bits per heavy atom. The first kappa shape index (κ1) is 22.1. The number of piperazine rings is 1. The minimum Gasteiger partial charge on any atom is -0.497 e. The summed E-state index contributed by atoms with van der Waals surface area (Å²) in [5.41, 5.74) is 2.46. The van der Waals surface area contributed by atoms with Crippen molar-refractivity contribution in [3.05, 3.63) is 48.5 Å². The Hall–Kier alpha value is -3.09. The molecule has 2 aliphatic rings. The highest BCUT2D eigenvalue weighted by Crippen LogP contribution is 2.27. The standard InChI is InChI=1S/C25H35N5O2/c1-26-25(29-14-12-28(13-15-29)21-6-4-8-23(16-21)31-2)27-18-20-10-11-30(19-20)22-7-5-9-24(17-22)32-3/h4-9,16-17,20H,10-15,18-19H2,1-3H3,(H,26,27). The fourth-order valence-electron chi connectivity index (χ4n) is 4.59. The van der Waals surface area contributed by atoms with Gasteiger partial charge in [0.25, 0.3) is 0 Å². The van der Waals surface area contributed by atoms with Crippen molar-refractivity contribution in [2.45, 2.75) is 6.42 Å². The Morgan fingerprint density at radius 1 is 0.906 bits per heavy atom. The second-order valence-corrected chi connectivity index (χ2v) is 8.41. The van der Waals surface area contributed by atoms with Crippen LogP contribution in [0.4, 0.5) is 11.4 Å². The molecule has 1 unspecified atom stereocenters. The number of nitrogens with one attached hydrogen (secondary N) is 1. The molecule has 4 rings (SSSR count). The quantitative estimate of drug-likeness (QED) is 0.554.